The van der Waals surface area contributed by atoms with E-state index in [1.54, 1.807) is 0 Å². The quantitative estimate of drug-likeness (QED) is 0.923. The predicted molar refractivity (Wildman–Crippen MR) is 66.3 cm³/mol. The van der Waals surface area contributed by atoms with Crippen LogP contribution in [0.25, 0.3) is 11.5 Å². The van der Waals surface area contributed by atoms with Crippen LogP contribution in [0, 0.1) is 0 Å². The Kier molecular flexibility index (Phi) is 3.64. The molecule has 0 spiro atoms. The predicted octanol–water partition coefficient (Wildman–Crippen LogP) is 2.42. The molecule has 1 aromatic heterocycles. The molecule has 1 aliphatic rings. The van der Waals surface area contributed by atoms with Crippen molar-refractivity contribution in [1.29, 1.82) is 0 Å². The van der Waals surface area contributed by atoms with Gasteiger partial charge in [-0.2, -0.15) is 18.2 Å². The fourth-order valence-corrected chi connectivity index (χ4v) is 2.04. The molecule has 1 N–H and O–H groups in total. The molecule has 0 bridgehead atoms. The van der Waals surface area contributed by atoms with Crippen LogP contribution in [0.2, 0.25) is 0 Å². The van der Waals surface area contributed by atoms with Crippen molar-refractivity contribution in [2.75, 3.05) is 19.7 Å². The number of hydrogen-bond acceptors (Lipinski definition) is 5. The number of alkyl halides is 3. The zero-order chi connectivity index (χ0) is 14.9. The van der Waals surface area contributed by atoms with Gasteiger partial charge in [-0.05, 0) is 18.2 Å². The number of rotatable bonds is 2. The van der Waals surface area contributed by atoms with Gasteiger partial charge >= 0.3 is 6.18 Å². The molecule has 112 valence electrons. The molecule has 0 amide bonds. The Morgan fingerprint density at radius 3 is 2.86 bits per heavy atom. The van der Waals surface area contributed by atoms with Gasteiger partial charge in [0, 0.05) is 18.7 Å². The van der Waals surface area contributed by atoms with Crippen molar-refractivity contribution in [2.45, 2.75) is 12.3 Å². The molecule has 2 aromatic rings. The molecule has 1 aromatic carbocycles. The van der Waals surface area contributed by atoms with E-state index >= 15 is 0 Å². The molecule has 1 fully saturated rings. The van der Waals surface area contributed by atoms with Crippen LogP contribution in [0.3, 0.4) is 0 Å². The maximum Gasteiger partial charge on any atom is 0.416 e. The summed E-state index contributed by atoms with van der Waals surface area (Å²) in [5.41, 5.74) is -0.525. The number of halogens is 3. The summed E-state index contributed by atoms with van der Waals surface area (Å²) < 4.78 is 48.6. The van der Waals surface area contributed by atoms with Gasteiger partial charge in [0.25, 0.3) is 5.89 Å². The number of ether oxygens (including phenoxy) is 1. The van der Waals surface area contributed by atoms with Crippen molar-refractivity contribution < 1.29 is 22.4 Å². The third-order valence-electron chi connectivity index (χ3n) is 3.09. The van der Waals surface area contributed by atoms with E-state index in [1.165, 1.54) is 12.1 Å². The first-order valence-corrected chi connectivity index (χ1v) is 6.37. The standard InChI is InChI=1S/C13H12F3N3O2/c14-13(15,16)9-3-1-2-8(6-9)12-18-11(19-21-12)10-7-17-4-5-20-10/h1-3,6,10,17H,4-5,7H2. The summed E-state index contributed by atoms with van der Waals surface area (Å²) in [5, 5.41) is 6.89. The molecule has 2 heterocycles. The van der Waals surface area contributed by atoms with Crippen LogP contribution < -0.4 is 5.32 Å². The Labute approximate surface area is 118 Å². The highest BCUT2D eigenvalue weighted by Crippen LogP contribution is 2.32. The van der Waals surface area contributed by atoms with Gasteiger partial charge < -0.3 is 14.6 Å². The van der Waals surface area contributed by atoms with E-state index in [0.717, 1.165) is 18.7 Å². The lowest BCUT2D eigenvalue weighted by atomic mass is 10.1. The molecular weight excluding hydrogens is 287 g/mol. The lowest BCUT2D eigenvalue weighted by Gasteiger charge is -2.20. The fourth-order valence-electron chi connectivity index (χ4n) is 2.04. The van der Waals surface area contributed by atoms with Gasteiger partial charge in [-0.15, -0.1) is 0 Å². The van der Waals surface area contributed by atoms with Gasteiger partial charge in [0.05, 0.1) is 12.2 Å². The average molecular weight is 299 g/mol. The Balaban J connectivity index is 1.86. The molecule has 3 rings (SSSR count). The summed E-state index contributed by atoms with van der Waals surface area (Å²) in [6.07, 6.45) is -4.75. The average Bonchev–Trinajstić information content (AvgIpc) is 2.97. The summed E-state index contributed by atoms with van der Waals surface area (Å²) in [4.78, 5) is 4.12. The molecule has 21 heavy (non-hydrogen) atoms. The van der Waals surface area contributed by atoms with E-state index in [1.807, 2.05) is 0 Å². The minimum atomic E-state index is -4.41. The fraction of sp³-hybridized carbons (Fsp3) is 0.385. The van der Waals surface area contributed by atoms with Gasteiger partial charge in [0.2, 0.25) is 5.82 Å². The molecule has 1 atom stereocenters. The van der Waals surface area contributed by atoms with E-state index in [9.17, 15) is 13.2 Å². The van der Waals surface area contributed by atoms with Crippen molar-refractivity contribution in [3.63, 3.8) is 0 Å². The minimum absolute atomic E-state index is 0.0465. The molecular formula is C13H12F3N3O2. The zero-order valence-electron chi connectivity index (χ0n) is 10.9. The van der Waals surface area contributed by atoms with E-state index in [4.69, 9.17) is 9.26 Å². The van der Waals surface area contributed by atoms with Crippen molar-refractivity contribution >= 4 is 0 Å². The maximum atomic E-state index is 12.7. The Morgan fingerprint density at radius 2 is 2.14 bits per heavy atom. The van der Waals surface area contributed by atoms with Crippen LogP contribution in [0.5, 0.6) is 0 Å². The molecule has 1 saturated heterocycles. The van der Waals surface area contributed by atoms with Gasteiger partial charge in [-0.25, -0.2) is 0 Å². The third-order valence-corrected chi connectivity index (χ3v) is 3.09. The highest BCUT2D eigenvalue weighted by atomic mass is 19.4. The normalized spacial score (nSPS) is 19.7. The van der Waals surface area contributed by atoms with Crippen LogP contribution in [-0.4, -0.2) is 29.8 Å². The first-order chi connectivity index (χ1) is 10.0. The topological polar surface area (TPSA) is 60.2 Å². The molecule has 0 saturated carbocycles. The van der Waals surface area contributed by atoms with Crippen LogP contribution in [0.15, 0.2) is 28.8 Å². The van der Waals surface area contributed by atoms with E-state index in [-0.39, 0.29) is 17.6 Å². The van der Waals surface area contributed by atoms with Crippen molar-refractivity contribution in [2.24, 2.45) is 0 Å². The second kappa shape index (κ2) is 5.45. The Bertz CT molecular complexity index is 621. The SMILES string of the molecule is FC(F)(F)c1cccc(-c2nc(C3CNCCO3)no2)c1. The number of benzene rings is 1. The molecule has 0 radical (unpaired) electrons. The van der Waals surface area contributed by atoms with Crippen molar-refractivity contribution in [3.05, 3.63) is 35.7 Å². The maximum absolute atomic E-state index is 12.7. The monoisotopic (exact) mass is 299 g/mol. The molecule has 1 aliphatic heterocycles. The third kappa shape index (κ3) is 3.06. The van der Waals surface area contributed by atoms with Crippen molar-refractivity contribution in [3.8, 4) is 11.5 Å². The number of aromatic nitrogens is 2. The van der Waals surface area contributed by atoms with E-state index in [2.05, 4.69) is 15.5 Å². The van der Waals surface area contributed by atoms with Gasteiger partial charge in [0.1, 0.15) is 6.10 Å². The molecule has 8 heteroatoms. The van der Waals surface area contributed by atoms with Crippen LogP contribution >= 0.6 is 0 Å². The van der Waals surface area contributed by atoms with Gasteiger partial charge in [-0.3, -0.25) is 0 Å². The van der Waals surface area contributed by atoms with Gasteiger partial charge in [0.15, 0.2) is 0 Å². The van der Waals surface area contributed by atoms with Crippen LogP contribution in [0.1, 0.15) is 17.5 Å². The van der Waals surface area contributed by atoms with Crippen molar-refractivity contribution in [1.82, 2.24) is 15.5 Å². The molecule has 5 nitrogen and oxygen atoms in total. The first-order valence-electron chi connectivity index (χ1n) is 6.37. The lowest BCUT2D eigenvalue weighted by Crippen LogP contribution is -2.33. The van der Waals surface area contributed by atoms with Crippen LogP contribution in [0.4, 0.5) is 13.2 Å². The minimum Gasteiger partial charge on any atom is -0.367 e. The summed E-state index contributed by atoms with van der Waals surface area (Å²) in [6, 6.07) is 4.78. The molecule has 0 aliphatic carbocycles. The Hall–Kier alpha value is -1.93. The first kappa shape index (κ1) is 14.0. The summed E-state index contributed by atoms with van der Waals surface area (Å²) in [7, 11) is 0. The summed E-state index contributed by atoms with van der Waals surface area (Å²) in [5.74, 6) is 0.375. The zero-order valence-corrected chi connectivity index (χ0v) is 10.9. The molecule has 1 unspecified atom stereocenters. The number of nitrogens with one attached hydrogen (secondary N) is 1. The lowest BCUT2D eigenvalue weighted by molar-refractivity contribution is -0.137. The highest BCUT2D eigenvalue weighted by Gasteiger charge is 2.31. The van der Waals surface area contributed by atoms with E-state index < -0.39 is 11.7 Å². The number of nitrogens with zero attached hydrogens (tertiary/aromatic N) is 2. The second-order valence-electron chi connectivity index (χ2n) is 4.60. The number of hydrogen-bond donors (Lipinski definition) is 1. The van der Waals surface area contributed by atoms with E-state index in [0.29, 0.717) is 19.0 Å². The Morgan fingerprint density at radius 1 is 1.29 bits per heavy atom. The highest BCUT2D eigenvalue weighted by molar-refractivity contribution is 5.54. The van der Waals surface area contributed by atoms with Gasteiger partial charge in [-0.1, -0.05) is 11.2 Å². The number of morpholine rings is 1. The summed E-state index contributed by atoms with van der Waals surface area (Å²) in [6.45, 7) is 1.81. The smallest absolute Gasteiger partial charge is 0.367 e. The second-order valence-corrected chi connectivity index (χ2v) is 4.60. The summed E-state index contributed by atoms with van der Waals surface area (Å²) >= 11 is 0. The largest absolute Gasteiger partial charge is 0.416 e. The van der Waals surface area contributed by atoms with Crippen LogP contribution in [-0.2, 0) is 10.9 Å².